The molecule has 1 N–H and O–H groups in total. The first kappa shape index (κ1) is 15.2. The number of hydrogen-bond donors (Lipinski definition) is 1. The Labute approximate surface area is 133 Å². The van der Waals surface area contributed by atoms with Crippen LogP contribution in [0.3, 0.4) is 0 Å². The van der Waals surface area contributed by atoms with E-state index in [9.17, 15) is 9.90 Å². The Hall–Kier alpha value is -1.66. The predicted molar refractivity (Wildman–Crippen MR) is 83.7 cm³/mol. The zero-order chi connectivity index (χ0) is 15.4. The van der Waals surface area contributed by atoms with Crippen LogP contribution >= 0.6 is 11.3 Å². The number of aliphatic hydroxyl groups excluding tert-OH is 1. The third kappa shape index (κ3) is 3.39. The van der Waals surface area contributed by atoms with Crippen molar-refractivity contribution < 1.29 is 14.3 Å². The number of hydrogen-bond acceptors (Lipinski definition) is 5. The molecule has 0 radical (unpaired) electrons. The molecule has 0 aliphatic carbocycles. The highest BCUT2D eigenvalue weighted by Gasteiger charge is 2.29. The first-order valence-electron chi connectivity index (χ1n) is 7.66. The Morgan fingerprint density at radius 1 is 1.50 bits per heavy atom. The number of likely N-dealkylation sites (tertiary alicyclic amines) is 1. The summed E-state index contributed by atoms with van der Waals surface area (Å²) in [7, 11) is 0. The largest absolute Gasteiger partial charge is 0.467 e. The van der Waals surface area contributed by atoms with Crippen molar-refractivity contribution in [3.05, 3.63) is 40.7 Å². The van der Waals surface area contributed by atoms with Gasteiger partial charge in [-0.05, 0) is 25.0 Å². The van der Waals surface area contributed by atoms with Crippen LogP contribution in [0.4, 0.5) is 0 Å². The van der Waals surface area contributed by atoms with Crippen LogP contribution < -0.4 is 0 Å². The van der Waals surface area contributed by atoms with Gasteiger partial charge in [0.1, 0.15) is 17.6 Å². The summed E-state index contributed by atoms with van der Waals surface area (Å²) in [6, 6.07) is 3.56. The molecule has 1 fully saturated rings. The van der Waals surface area contributed by atoms with E-state index in [0.29, 0.717) is 17.9 Å². The molecule has 0 spiro atoms. The number of aromatic nitrogens is 1. The van der Waals surface area contributed by atoms with Crippen molar-refractivity contribution in [1.29, 1.82) is 0 Å². The topological polar surface area (TPSA) is 66.6 Å². The van der Waals surface area contributed by atoms with Crippen molar-refractivity contribution in [2.45, 2.75) is 44.2 Å². The fourth-order valence-corrected chi connectivity index (χ4v) is 3.54. The normalized spacial score (nSPS) is 20.6. The number of furan rings is 1. The van der Waals surface area contributed by atoms with E-state index in [1.165, 1.54) is 11.3 Å². The van der Waals surface area contributed by atoms with Crippen molar-refractivity contribution in [3.8, 4) is 0 Å². The molecule has 22 heavy (non-hydrogen) atoms. The highest BCUT2D eigenvalue weighted by molar-refractivity contribution is 7.07. The minimum Gasteiger partial charge on any atom is -0.467 e. The lowest BCUT2D eigenvalue weighted by atomic mass is 10.0. The lowest BCUT2D eigenvalue weighted by Crippen LogP contribution is -2.41. The van der Waals surface area contributed by atoms with Gasteiger partial charge in [0, 0.05) is 24.4 Å². The molecule has 6 heteroatoms. The minimum atomic E-state index is -0.677. The van der Waals surface area contributed by atoms with Gasteiger partial charge in [-0.2, -0.15) is 0 Å². The molecule has 3 rings (SSSR count). The van der Waals surface area contributed by atoms with Crippen LogP contribution in [0.25, 0.3) is 0 Å². The van der Waals surface area contributed by atoms with Crippen LogP contribution in [0.1, 0.15) is 54.5 Å². The van der Waals surface area contributed by atoms with E-state index in [-0.39, 0.29) is 11.9 Å². The molecule has 1 amide bonds. The van der Waals surface area contributed by atoms with Gasteiger partial charge in [0.2, 0.25) is 0 Å². The standard InChI is InChI=1S/C16H20N2O3S/c19-14(15-6-4-8-21-15)9-12-5-2-1-3-7-18(12)16(20)13-10-22-11-17-13/h4,6,8,10-12,14,19H,1-3,5,7,9H2/t12-,14-/m1/s1. The maximum absolute atomic E-state index is 12.7. The van der Waals surface area contributed by atoms with Crippen LogP contribution in [0.15, 0.2) is 33.7 Å². The number of carbonyl (C=O) groups is 1. The summed E-state index contributed by atoms with van der Waals surface area (Å²) in [6.45, 7) is 0.728. The van der Waals surface area contributed by atoms with Gasteiger partial charge in [-0.25, -0.2) is 4.98 Å². The molecule has 2 atom stereocenters. The fraction of sp³-hybridized carbons (Fsp3) is 0.500. The molecule has 5 nitrogen and oxygen atoms in total. The molecule has 1 aliphatic rings. The first-order chi connectivity index (χ1) is 10.8. The van der Waals surface area contributed by atoms with Gasteiger partial charge in [0.05, 0.1) is 11.8 Å². The summed E-state index contributed by atoms with van der Waals surface area (Å²) >= 11 is 1.43. The molecule has 1 aliphatic heterocycles. The first-order valence-corrected chi connectivity index (χ1v) is 8.60. The van der Waals surface area contributed by atoms with Crippen LogP contribution in [0, 0.1) is 0 Å². The number of rotatable bonds is 4. The Morgan fingerprint density at radius 2 is 2.41 bits per heavy atom. The van der Waals surface area contributed by atoms with Gasteiger partial charge in [-0.3, -0.25) is 4.79 Å². The highest BCUT2D eigenvalue weighted by atomic mass is 32.1. The van der Waals surface area contributed by atoms with Gasteiger partial charge in [0.25, 0.3) is 5.91 Å². The third-order valence-corrected chi connectivity index (χ3v) is 4.74. The molecule has 0 saturated carbocycles. The Kier molecular flexibility index (Phi) is 4.90. The molecule has 118 valence electrons. The summed E-state index contributed by atoms with van der Waals surface area (Å²) in [5, 5.41) is 12.1. The quantitative estimate of drug-likeness (QED) is 0.939. The summed E-state index contributed by atoms with van der Waals surface area (Å²) < 4.78 is 5.27. The van der Waals surface area contributed by atoms with Crippen molar-refractivity contribution in [3.63, 3.8) is 0 Å². The molecule has 2 aromatic rings. The summed E-state index contributed by atoms with van der Waals surface area (Å²) in [5.74, 6) is 0.532. The maximum atomic E-state index is 12.7. The molecular formula is C16H20N2O3S. The lowest BCUT2D eigenvalue weighted by Gasteiger charge is -2.30. The van der Waals surface area contributed by atoms with Crippen molar-refractivity contribution in [2.24, 2.45) is 0 Å². The molecule has 2 aromatic heterocycles. The van der Waals surface area contributed by atoms with Gasteiger partial charge < -0.3 is 14.4 Å². The molecule has 0 bridgehead atoms. The summed E-state index contributed by atoms with van der Waals surface area (Å²) in [4.78, 5) is 18.7. The number of thiazole rings is 1. The molecule has 0 unspecified atom stereocenters. The van der Waals surface area contributed by atoms with Crippen LogP contribution in [-0.4, -0.2) is 33.5 Å². The monoisotopic (exact) mass is 320 g/mol. The zero-order valence-electron chi connectivity index (χ0n) is 12.4. The lowest BCUT2D eigenvalue weighted by molar-refractivity contribution is 0.0553. The third-order valence-electron chi connectivity index (χ3n) is 4.16. The smallest absolute Gasteiger partial charge is 0.273 e. The van der Waals surface area contributed by atoms with E-state index in [2.05, 4.69) is 4.98 Å². The van der Waals surface area contributed by atoms with E-state index in [4.69, 9.17) is 4.42 Å². The minimum absolute atomic E-state index is 0.0248. The van der Waals surface area contributed by atoms with Crippen LogP contribution in [0.5, 0.6) is 0 Å². The molecular weight excluding hydrogens is 300 g/mol. The van der Waals surface area contributed by atoms with Crippen LogP contribution in [-0.2, 0) is 0 Å². The SMILES string of the molecule is O=C(c1cscn1)N1CCCCC[C@@H]1C[C@@H](O)c1ccco1. The van der Waals surface area contributed by atoms with E-state index in [0.717, 1.165) is 32.2 Å². The number of amides is 1. The number of aliphatic hydroxyl groups is 1. The van der Waals surface area contributed by atoms with Gasteiger partial charge in [-0.15, -0.1) is 11.3 Å². The number of carbonyl (C=O) groups excluding carboxylic acids is 1. The predicted octanol–water partition coefficient (Wildman–Crippen LogP) is 3.24. The second kappa shape index (κ2) is 7.07. The molecule has 1 saturated heterocycles. The average Bonchev–Trinajstić information content (AvgIpc) is 3.18. The fourth-order valence-electron chi connectivity index (χ4n) is 3.01. The second-order valence-corrected chi connectivity index (χ2v) is 6.36. The average molecular weight is 320 g/mol. The zero-order valence-corrected chi connectivity index (χ0v) is 13.2. The Bertz CT molecular complexity index is 583. The van der Waals surface area contributed by atoms with E-state index in [1.807, 2.05) is 4.90 Å². The van der Waals surface area contributed by atoms with Crippen molar-refractivity contribution >= 4 is 17.2 Å². The number of nitrogens with zero attached hydrogens (tertiary/aromatic N) is 2. The van der Waals surface area contributed by atoms with Gasteiger partial charge >= 0.3 is 0 Å². The van der Waals surface area contributed by atoms with Crippen molar-refractivity contribution in [2.75, 3.05) is 6.54 Å². The Balaban J connectivity index is 1.74. The maximum Gasteiger partial charge on any atom is 0.273 e. The second-order valence-electron chi connectivity index (χ2n) is 5.64. The summed E-state index contributed by atoms with van der Waals surface area (Å²) in [5.41, 5.74) is 2.18. The van der Waals surface area contributed by atoms with Gasteiger partial charge in [-0.1, -0.05) is 12.8 Å². The van der Waals surface area contributed by atoms with Gasteiger partial charge in [0.15, 0.2) is 0 Å². The Morgan fingerprint density at radius 3 is 3.14 bits per heavy atom. The van der Waals surface area contributed by atoms with E-state index >= 15 is 0 Å². The van der Waals surface area contributed by atoms with Crippen LogP contribution in [0.2, 0.25) is 0 Å². The van der Waals surface area contributed by atoms with E-state index in [1.54, 1.807) is 29.3 Å². The van der Waals surface area contributed by atoms with Crippen molar-refractivity contribution in [1.82, 2.24) is 9.88 Å². The summed E-state index contributed by atoms with van der Waals surface area (Å²) in [6.07, 6.45) is 5.50. The molecule has 0 aromatic carbocycles. The molecule has 3 heterocycles. The van der Waals surface area contributed by atoms with E-state index < -0.39 is 6.10 Å². The highest BCUT2D eigenvalue weighted by Crippen LogP contribution is 2.27.